The number of nitrogens with one attached hydrogen (secondary N) is 1. The van der Waals surface area contributed by atoms with Gasteiger partial charge in [-0.15, -0.1) is 10.2 Å². The topological polar surface area (TPSA) is 95.3 Å². The zero-order valence-electron chi connectivity index (χ0n) is 15.3. The molecule has 2 aromatic rings. The number of thioether (sulfide) groups is 1. The predicted octanol–water partition coefficient (Wildman–Crippen LogP) is 2.28. The number of aryl methyl sites for hydroxylation is 1. The third kappa shape index (κ3) is 5.08. The highest BCUT2D eigenvalue weighted by Crippen LogP contribution is 2.21. The number of ether oxygens (including phenoxy) is 2. The lowest BCUT2D eigenvalue weighted by atomic mass is 10.2. The van der Waals surface area contributed by atoms with E-state index in [1.165, 1.54) is 18.9 Å². The van der Waals surface area contributed by atoms with Crippen LogP contribution in [0.4, 0.5) is 5.69 Å². The molecule has 0 bridgehead atoms. The summed E-state index contributed by atoms with van der Waals surface area (Å²) in [6.07, 6.45) is 2.29. The second-order valence-electron chi connectivity index (χ2n) is 6.18. The molecule has 8 nitrogen and oxygen atoms in total. The number of aromatic nitrogens is 3. The van der Waals surface area contributed by atoms with Gasteiger partial charge in [-0.25, -0.2) is 4.79 Å². The highest BCUT2D eigenvalue weighted by atomic mass is 32.2. The summed E-state index contributed by atoms with van der Waals surface area (Å²) in [6.45, 7) is 3.40. The number of methoxy groups -OCH3 is 1. The van der Waals surface area contributed by atoms with Crippen LogP contribution in [0, 0.1) is 6.92 Å². The van der Waals surface area contributed by atoms with Crippen LogP contribution in [0.3, 0.4) is 0 Å². The fourth-order valence-electron chi connectivity index (χ4n) is 2.81. The number of nitrogens with zero attached hydrogens (tertiary/aromatic N) is 3. The molecule has 27 heavy (non-hydrogen) atoms. The average Bonchev–Trinajstić information content (AvgIpc) is 3.31. The summed E-state index contributed by atoms with van der Waals surface area (Å²) in [5, 5.41) is 11.8. The van der Waals surface area contributed by atoms with E-state index >= 15 is 0 Å². The number of amides is 1. The van der Waals surface area contributed by atoms with E-state index in [-0.39, 0.29) is 17.8 Å². The molecule has 1 aliphatic heterocycles. The Morgan fingerprint density at radius 1 is 1.33 bits per heavy atom. The molecule has 0 unspecified atom stereocenters. The first-order chi connectivity index (χ1) is 13.1. The van der Waals surface area contributed by atoms with Crippen molar-refractivity contribution in [2.24, 2.45) is 0 Å². The molecule has 2 heterocycles. The van der Waals surface area contributed by atoms with Crippen molar-refractivity contribution in [3.8, 4) is 0 Å². The fourth-order valence-corrected chi connectivity index (χ4v) is 3.60. The molecule has 9 heteroatoms. The summed E-state index contributed by atoms with van der Waals surface area (Å²) in [4.78, 5) is 23.6. The zero-order valence-corrected chi connectivity index (χ0v) is 16.1. The van der Waals surface area contributed by atoms with E-state index < -0.39 is 5.97 Å². The minimum absolute atomic E-state index is 0.157. The van der Waals surface area contributed by atoms with Gasteiger partial charge in [0.2, 0.25) is 5.91 Å². The van der Waals surface area contributed by atoms with Gasteiger partial charge < -0.3 is 19.4 Å². The van der Waals surface area contributed by atoms with Crippen LogP contribution < -0.4 is 5.32 Å². The van der Waals surface area contributed by atoms with Crippen LogP contribution in [0.15, 0.2) is 29.4 Å². The van der Waals surface area contributed by atoms with E-state index in [0.717, 1.165) is 25.3 Å². The lowest BCUT2D eigenvalue weighted by molar-refractivity contribution is -0.113. The van der Waals surface area contributed by atoms with Crippen molar-refractivity contribution >= 4 is 29.3 Å². The first kappa shape index (κ1) is 19.4. The van der Waals surface area contributed by atoms with Gasteiger partial charge >= 0.3 is 5.97 Å². The number of benzene rings is 1. The number of hydrogen-bond donors (Lipinski definition) is 1. The van der Waals surface area contributed by atoms with E-state index in [9.17, 15) is 9.59 Å². The second-order valence-corrected chi connectivity index (χ2v) is 7.12. The molecule has 1 aromatic heterocycles. The van der Waals surface area contributed by atoms with Crippen molar-refractivity contribution in [2.75, 3.05) is 24.8 Å². The van der Waals surface area contributed by atoms with Crippen molar-refractivity contribution in [3.05, 3.63) is 35.7 Å². The van der Waals surface area contributed by atoms with Crippen LogP contribution in [0.2, 0.25) is 0 Å². The molecular weight excluding hydrogens is 368 g/mol. The van der Waals surface area contributed by atoms with E-state index in [4.69, 9.17) is 4.74 Å². The quantitative estimate of drug-likeness (QED) is 0.572. The van der Waals surface area contributed by atoms with Gasteiger partial charge in [0.25, 0.3) is 0 Å². The maximum absolute atomic E-state index is 12.2. The summed E-state index contributed by atoms with van der Waals surface area (Å²) in [5.74, 6) is 0.453. The Hall–Kier alpha value is -2.39. The van der Waals surface area contributed by atoms with Crippen LogP contribution in [0.5, 0.6) is 0 Å². The zero-order chi connectivity index (χ0) is 19.2. The van der Waals surface area contributed by atoms with Gasteiger partial charge in [-0.2, -0.15) is 0 Å². The monoisotopic (exact) mass is 390 g/mol. The van der Waals surface area contributed by atoms with Crippen LogP contribution in [0.1, 0.15) is 29.0 Å². The van der Waals surface area contributed by atoms with Gasteiger partial charge in [0.1, 0.15) is 5.82 Å². The van der Waals surface area contributed by atoms with Gasteiger partial charge in [-0.3, -0.25) is 4.79 Å². The summed E-state index contributed by atoms with van der Waals surface area (Å²) >= 11 is 1.34. The molecule has 0 aliphatic carbocycles. The van der Waals surface area contributed by atoms with Gasteiger partial charge in [-0.05, 0) is 44.0 Å². The molecule has 1 atom stereocenters. The normalized spacial score (nSPS) is 16.3. The predicted molar refractivity (Wildman–Crippen MR) is 101 cm³/mol. The number of anilines is 1. The lowest BCUT2D eigenvalue weighted by Gasteiger charge is -2.13. The Bertz CT molecular complexity index is 800. The molecule has 1 aromatic carbocycles. The van der Waals surface area contributed by atoms with Gasteiger partial charge in [0.05, 0.1) is 31.1 Å². The molecule has 0 radical (unpaired) electrons. The Labute approximate surface area is 161 Å². The fraction of sp³-hybridized carbons (Fsp3) is 0.444. The van der Waals surface area contributed by atoms with Crippen molar-refractivity contribution in [3.63, 3.8) is 0 Å². The Morgan fingerprint density at radius 3 is 2.78 bits per heavy atom. The van der Waals surface area contributed by atoms with Gasteiger partial charge in [0, 0.05) is 12.3 Å². The SMILES string of the molecule is COC(=O)c1ccc(NC(=O)CSc2nnc(C)n2C[C@@H]2CCCO2)cc1. The van der Waals surface area contributed by atoms with E-state index in [0.29, 0.717) is 23.0 Å². The number of carbonyl (C=O) groups is 2. The minimum atomic E-state index is -0.413. The summed E-state index contributed by atoms with van der Waals surface area (Å²) in [5.41, 5.74) is 1.05. The number of carbonyl (C=O) groups excluding carboxylic acids is 2. The Morgan fingerprint density at radius 2 is 2.11 bits per heavy atom. The maximum atomic E-state index is 12.2. The molecular formula is C18H22N4O4S. The third-order valence-electron chi connectivity index (χ3n) is 4.23. The summed E-state index contributed by atoms with van der Waals surface area (Å²) < 4.78 is 12.3. The third-order valence-corrected chi connectivity index (χ3v) is 5.20. The van der Waals surface area contributed by atoms with Gasteiger partial charge in [-0.1, -0.05) is 11.8 Å². The van der Waals surface area contributed by atoms with Crippen LogP contribution in [-0.2, 0) is 20.8 Å². The summed E-state index contributed by atoms with van der Waals surface area (Å²) in [7, 11) is 1.33. The van der Waals surface area contributed by atoms with Crippen molar-refractivity contribution < 1.29 is 19.1 Å². The average molecular weight is 390 g/mol. The molecule has 1 aliphatic rings. The molecule has 1 saturated heterocycles. The molecule has 1 fully saturated rings. The van der Waals surface area contributed by atoms with E-state index in [1.807, 2.05) is 11.5 Å². The van der Waals surface area contributed by atoms with Crippen molar-refractivity contribution in [1.29, 1.82) is 0 Å². The smallest absolute Gasteiger partial charge is 0.337 e. The van der Waals surface area contributed by atoms with Crippen LogP contribution >= 0.6 is 11.8 Å². The number of hydrogen-bond acceptors (Lipinski definition) is 7. The summed E-state index contributed by atoms with van der Waals surface area (Å²) in [6, 6.07) is 6.55. The maximum Gasteiger partial charge on any atom is 0.337 e. The molecule has 0 spiro atoms. The molecule has 3 rings (SSSR count). The van der Waals surface area contributed by atoms with Crippen LogP contribution in [-0.4, -0.2) is 52.2 Å². The molecule has 1 N–H and O–H groups in total. The minimum Gasteiger partial charge on any atom is -0.465 e. The van der Waals surface area contributed by atoms with E-state index in [1.54, 1.807) is 24.3 Å². The van der Waals surface area contributed by atoms with Gasteiger partial charge in [0.15, 0.2) is 5.16 Å². The first-order valence-electron chi connectivity index (χ1n) is 8.69. The van der Waals surface area contributed by atoms with Crippen molar-refractivity contribution in [1.82, 2.24) is 14.8 Å². The second kappa shape index (κ2) is 9.01. The van der Waals surface area contributed by atoms with Crippen LogP contribution in [0.25, 0.3) is 0 Å². The number of esters is 1. The Kier molecular flexibility index (Phi) is 6.46. The standard InChI is InChI=1S/C18H22N4O4S/c1-12-20-21-18(22(12)10-15-4-3-9-26-15)27-11-16(23)19-14-7-5-13(6-8-14)17(24)25-2/h5-8,15H,3-4,9-11H2,1-2H3,(H,19,23)/t15-/m0/s1. The molecule has 0 saturated carbocycles. The molecule has 144 valence electrons. The Balaban J connectivity index is 1.54. The van der Waals surface area contributed by atoms with Crippen molar-refractivity contribution in [2.45, 2.75) is 37.6 Å². The first-order valence-corrected chi connectivity index (χ1v) is 9.68. The lowest BCUT2D eigenvalue weighted by Crippen LogP contribution is -2.18. The highest BCUT2D eigenvalue weighted by Gasteiger charge is 2.20. The molecule has 1 amide bonds. The number of rotatable bonds is 7. The highest BCUT2D eigenvalue weighted by molar-refractivity contribution is 7.99. The largest absolute Gasteiger partial charge is 0.465 e. The van der Waals surface area contributed by atoms with E-state index in [2.05, 4.69) is 20.3 Å².